The van der Waals surface area contributed by atoms with Gasteiger partial charge in [0.25, 0.3) is 0 Å². The van der Waals surface area contributed by atoms with E-state index in [2.05, 4.69) is 20.6 Å². The molecule has 9 heteroatoms. The van der Waals surface area contributed by atoms with Crippen molar-refractivity contribution in [3.05, 3.63) is 77.7 Å². The molecule has 0 aliphatic carbocycles. The van der Waals surface area contributed by atoms with Crippen molar-refractivity contribution in [2.24, 2.45) is 0 Å². The van der Waals surface area contributed by atoms with Crippen LogP contribution in [0.3, 0.4) is 0 Å². The summed E-state index contributed by atoms with van der Waals surface area (Å²) in [6.45, 7) is 0.271. The summed E-state index contributed by atoms with van der Waals surface area (Å²) in [5.41, 5.74) is 2.29. The zero-order valence-electron chi connectivity index (χ0n) is 16.6. The maximum atomic E-state index is 12.4. The first-order valence-electron chi connectivity index (χ1n) is 9.28. The van der Waals surface area contributed by atoms with Crippen molar-refractivity contribution >= 4 is 23.2 Å². The zero-order chi connectivity index (χ0) is 22.2. The summed E-state index contributed by atoms with van der Waals surface area (Å²) in [7, 11) is 1.78. The molecule has 0 bridgehead atoms. The highest BCUT2D eigenvalue weighted by Crippen LogP contribution is 2.28. The molecule has 31 heavy (non-hydrogen) atoms. The first-order valence-corrected chi connectivity index (χ1v) is 9.28. The minimum absolute atomic E-state index is 0.133. The molecule has 2 amide bonds. The SMILES string of the molecule is CN(CC(O)c1ccccc1)c1ccc(C#N)cc1NC(=O)Nc1cnc(C#N)cn1. The van der Waals surface area contributed by atoms with Crippen molar-refractivity contribution in [2.45, 2.75) is 6.10 Å². The van der Waals surface area contributed by atoms with Gasteiger partial charge in [-0.25, -0.2) is 14.8 Å². The molecule has 3 N–H and O–H groups in total. The van der Waals surface area contributed by atoms with Crippen LogP contribution in [-0.2, 0) is 0 Å². The Morgan fingerprint density at radius 2 is 1.87 bits per heavy atom. The molecule has 3 rings (SSSR count). The normalized spacial score (nSPS) is 11.0. The number of aliphatic hydroxyl groups is 1. The third kappa shape index (κ3) is 5.54. The van der Waals surface area contributed by atoms with E-state index in [0.717, 1.165) is 5.56 Å². The number of hydrogen-bond acceptors (Lipinski definition) is 7. The lowest BCUT2D eigenvalue weighted by Crippen LogP contribution is -2.27. The number of benzene rings is 2. The number of anilines is 3. The lowest BCUT2D eigenvalue weighted by atomic mass is 10.1. The second-order valence-electron chi connectivity index (χ2n) is 6.63. The largest absolute Gasteiger partial charge is 0.387 e. The molecular formula is C22H19N7O2. The van der Waals surface area contributed by atoms with Gasteiger partial charge in [0, 0.05) is 13.6 Å². The smallest absolute Gasteiger partial charge is 0.324 e. The van der Waals surface area contributed by atoms with Gasteiger partial charge in [-0.15, -0.1) is 0 Å². The fraction of sp³-hybridized carbons (Fsp3) is 0.136. The van der Waals surface area contributed by atoms with E-state index in [4.69, 9.17) is 5.26 Å². The van der Waals surface area contributed by atoms with E-state index in [-0.39, 0.29) is 18.1 Å². The van der Waals surface area contributed by atoms with E-state index < -0.39 is 12.1 Å². The molecule has 0 aliphatic rings. The molecule has 0 spiro atoms. The van der Waals surface area contributed by atoms with Gasteiger partial charge in [0.15, 0.2) is 11.5 Å². The Labute approximate surface area is 179 Å². The van der Waals surface area contributed by atoms with Gasteiger partial charge >= 0.3 is 6.03 Å². The van der Waals surface area contributed by atoms with Gasteiger partial charge in [0.1, 0.15) is 6.07 Å². The number of carbonyl (C=O) groups excluding carboxylic acids is 1. The van der Waals surface area contributed by atoms with Crippen molar-refractivity contribution in [3.63, 3.8) is 0 Å². The van der Waals surface area contributed by atoms with Crippen molar-refractivity contribution in [1.29, 1.82) is 10.5 Å². The molecule has 0 aliphatic heterocycles. The van der Waals surface area contributed by atoms with Gasteiger partial charge in [0.2, 0.25) is 0 Å². The fourth-order valence-corrected chi connectivity index (χ4v) is 2.90. The second-order valence-corrected chi connectivity index (χ2v) is 6.63. The number of urea groups is 1. The summed E-state index contributed by atoms with van der Waals surface area (Å²) in [5.74, 6) is 0.169. The number of aliphatic hydroxyl groups excluding tert-OH is 1. The van der Waals surface area contributed by atoms with Gasteiger partial charge < -0.3 is 15.3 Å². The number of rotatable bonds is 6. The summed E-state index contributed by atoms with van der Waals surface area (Å²) in [5, 5.41) is 33.8. The molecule has 1 unspecified atom stereocenters. The van der Waals surface area contributed by atoms with Crippen molar-refractivity contribution in [2.75, 3.05) is 29.1 Å². The van der Waals surface area contributed by atoms with Crippen molar-refractivity contribution in [3.8, 4) is 12.1 Å². The molecule has 1 heterocycles. The molecule has 1 aromatic heterocycles. The van der Waals surface area contributed by atoms with Crippen LogP contribution in [0.15, 0.2) is 60.9 Å². The number of nitrogens with one attached hydrogen (secondary N) is 2. The third-order valence-electron chi connectivity index (χ3n) is 4.42. The van der Waals surface area contributed by atoms with E-state index in [1.165, 1.54) is 12.4 Å². The van der Waals surface area contributed by atoms with Crippen LogP contribution in [0, 0.1) is 22.7 Å². The molecule has 3 aromatic rings. The van der Waals surface area contributed by atoms with E-state index in [0.29, 0.717) is 16.9 Å². The Morgan fingerprint density at radius 1 is 1.10 bits per heavy atom. The number of aromatic nitrogens is 2. The second kappa shape index (κ2) is 9.83. The quantitative estimate of drug-likeness (QED) is 0.564. The van der Waals surface area contributed by atoms with Gasteiger partial charge in [-0.05, 0) is 23.8 Å². The Kier molecular flexibility index (Phi) is 6.74. The van der Waals surface area contributed by atoms with Crippen LogP contribution in [-0.4, -0.2) is 34.7 Å². The molecule has 0 saturated heterocycles. The number of hydrogen-bond donors (Lipinski definition) is 3. The van der Waals surface area contributed by atoms with E-state index in [9.17, 15) is 15.2 Å². The molecule has 1 atom stereocenters. The number of nitriles is 2. The van der Waals surface area contributed by atoms with Crippen LogP contribution in [0.2, 0.25) is 0 Å². The number of likely N-dealkylation sites (N-methyl/N-ethyl adjacent to an activating group) is 1. The minimum Gasteiger partial charge on any atom is -0.387 e. The predicted octanol–water partition coefficient (Wildman–Crippen LogP) is 3.03. The summed E-state index contributed by atoms with van der Waals surface area (Å²) >= 11 is 0. The van der Waals surface area contributed by atoms with Crippen LogP contribution in [0.25, 0.3) is 0 Å². The fourth-order valence-electron chi connectivity index (χ4n) is 2.90. The summed E-state index contributed by atoms with van der Waals surface area (Å²) in [4.78, 5) is 22.0. The van der Waals surface area contributed by atoms with Crippen LogP contribution in [0.1, 0.15) is 22.9 Å². The molecule has 0 radical (unpaired) electrons. The molecule has 2 aromatic carbocycles. The van der Waals surface area contributed by atoms with Gasteiger partial charge in [-0.2, -0.15) is 10.5 Å². The third-order valence-corrected chi connectivity index (χ3v) is 4.42. The standard InChI is InChI=1S/C22H19N7O2/c1-29(14-20(30)16-5-3-2-4-6-16)19-8-7-15(10-23)9-18(19)27-22(31)28-21-13-25-17(11-24)12-26-21/h2-9,12-13,20,30H,14H2,1H3,(H2,26,27,28,31). The lowest BCUT2D eigenvalue weighted by Gasteiger charge is -2.25. The average molecular weight is 413 g/mol. The van der Waals surface area contributed by atoms with E-state index in [1.807, 2.05) is 42.5 Å². The minimum atomic E-state index is -0.738. The molecule has 0 fully saturated rings. The maximum absolute atomic E-state index is 12.4. The van der Waals surface area contributed by atoms with Gasteiger partial charge in [-0.3, -0.25) is 5.32 Å². The molecular weight excluding hydrogens is 394 g/mol. The number of carbonyl (C=O) groups is 1. The Hall–Kier alpha value is -4.47. The van der Waals surface area contributed by atoms with Crippen LogP contribution in [0.5, 0.6) is 0 Å². The lowest BCUT2D eigenvalue weighted by molar-refractivity contribution is 0.185. The highest BCUT2D eigenvalue weighted by atomic mass is 16.3. The topological polar surface area (TPSA) is 138 Å². The molecule has 154 valence electrons. The average Bonchev–Trinajstić information content (AvgIpc) is 2.79. The first kappa shape index (κ1) is 21.2. The summed E-state index contributed by atoms with van der Waals surface area (Å²) in [6.07, 6.45) is 1.78. The van der Waals surface area contributed by atoms with E-state index in [1.54, 1.807) is 30.1 Å². The Balaban J connectivity index is 1.76. The van der Waals surface area contributed by atoms with Crippen LogP contribution < -0.4 is 15.5 Å². The monoisotopic (exact) mass is 413 g/mol. The predicted molar refractivity (Wildman–Crippen MR) is 115 cm³/mol. The molecule has 0 saturated carbocycles. The van der Waals surface area contributed by atoms with Gasteiger partial charge in [0.05, 0.1) is 41.5 Å². The molecule has 9 nitrogen and oxygen atoms in total. The van der Waals surface area contributed by atoms with Crippen LogP contribution in [0.4, 0.5) is 22.0 Å². The first-order chi connectivity index (χ1) is 15.0. The maximum Gasteiger partial charge on any atom is 0.324 e. The number of nitrogens with zero attached hydrogens (tertiary/aromatic N) is 5. The van der Waals surface area contributed by atoms with E-state index >= 15 is 0 Å². The Bertz CT molecular complexity index is 1140. The number of amides is 2. The highest BCUT2D eigenvalue weighted by Gasteiger charge is 2.16. The van der Waals surface area contributed by atoms with Crippen LogP contribution >= 0.6 is 0 Å². The van der Waals surface area contributed by atoms with Gasteiger partial charge in [-0.1, -0.05) is 30.3 Å². The Morgan fingerprint density at radius 3 is 2.52 bits per heavy atom. The highest BCUT2D eigenvalue weighted by molar-refractivity contribution is 6.01. The van der Waals surface area contributed by atoms with Crippen molar-refractivity contribution < 1.29 is 9.90 Å². The van der Waals surface area contributed by atoms with Crippen molar-refractivity contribution in [1.82, 2.24) is 9.97 Å². The zero-order valence-corrected chi connectivity index (χ0v) is 16.6. The summed E-state index contributed by atoms with van der Waals surface area (Å²) in [6, 6.07) is 17.4. The summed E-state index contributed by atoms with van der Waals surface area (Å²) < 4.78 is 0.